The lowest BCUT2D eigenvalue weighted by Crippen LogP contribution is -2.35. The van der Waals surface area contributed by atoms with Gasteiger partial charge in [0.15, 0.2) is 11.0 Å². The molecule has 0 aliphatic heterocycles. The second-order valence-electron chi connectivity index (χ2n) is 10.7. The van der Waals surface area contributed by atoms with Crippen LogP contribution in [-0.4, -0.2) is 32.8 Å². The van der Waals surface area contributed by atoms with Crippen LogP contribution in [0.3, 0.4) is 0 Å². The van der Waals surface area contributed by atoms with Gasteiger partial charge >= 0.3 is 6.03 Å². The molecule has 3 heterocycles. The summed E-state index contributed by atoms with van der Waals surface area (Å²) in [6.07, 6.45) is 3.45. The van der Waals surface area contributed by atoms with Crippen LogP contribution in [0, 0.1) is 25.5 Å². The van der Waals surface area contributed by atoms with E-state index in [4.69, 9.17) is 57.9 Å². The van der Waals surface area contributed by atoms with Gasteiger partial charge in [-0.2, -0.15) is 0 Å². The molecule has 3 aromatic heterocycles. The third-order valence-electron chi connectivity index (χ3n) is 6.39. The van der Waals surface area contributed by atoms with Crippen LogP contribution in [0.25, 0.3) is 0 Å². The predicted octanol–water partition coefficient (Wildman–Crippen LogP) is 9.28. The number of amides is 4. The number of hydrogen-bond donors (Lipinski definition) is 4. The second-order valence-corrected chi connectivity index (χ2v) is 12.3. The molecule has 0 atom stereocenters. The molecule has 10 nitrogen and oxygen atoms in total. The van der Waals surface area contributed by atoms with Gasteiger partial charge < -0.3 is 16.8 Å². The van der Waals surface area contributed by atoms with Crippen molar-refractivity contribution in [3.05, 3.63) is 108 Å². The van der Waals surface area contributed by atoms with Crippen molar-refractivity contribution < 1.29 is 23.2 Å². The average Bonchev–Trinajstić information content (AvgIpc) is 2.99. The molecule has 4 amide bonds. The summed E-state index contributed by atoms with van der Waals surface area (Å²) >= 11 is 22.2. The number of aromatic nitrogens is 3. The largest absolute Gasteiger partial charge is 0.397 e. The summed E-state index contributed by atoms with van der Waals surface area (Å²) in [4.78, 5) is 46.7. The van der Waals surface area contributed by atoms with Crippen LogP contribution < -0.4 is 22.1 Å². The normalized spacial score (nSPS) is 10.2. The number of urea groups is 1. The molecule has 4 rings (SSSR count). The number of pyridine rings is 3. The molecular weight excluding hydrogens is 722 g/mol. The fraction of sp³-hybridized carbons (Fsp3) is 0.273. The van der Waals surface area contributed by atoms with Crippen LogP contribution >= 0.6 is 46.4 Å². The third-order valence-corrected chi connectivity index (χ3v) is 7.55. The van der Waals surface area contributed by atoms with E-state index >= 15 is 0 Å². The van der Waals surface area contributed by atoms with Gasteiger partial charge in [-0.15, -0.1) is 0 Å². The van der Waals surface area contributed by atoms with Gasteiger partial charge in [-0.05, 0) is 67.1 Å². The maximum atomic E-state index is 13.5. The van der Waals surface area contributed by atoms with E-state index in [0.717, 1.165) is 40.7 Å². The number of imide groups is 1. The van der Waals surface area contributed by atoms with Crippen LogP contribution in [0.5, 0.6) is 0 Å². The van der Waals surface area contributed by atoms with E-state index in [1.54, 1.807) is 18.5 Å². The van der Waals surface area contributed by atoms with Crippen LogP contribution in [-0.2, 0) is 0 Å². The molecule has 1 aromatic carbocycles. The van der Waals surface area contributed by atoms with Gasteiger partial charge in [0.05, 0.1) is 43.9 Å². The highest BCUT2D eigenvalue weighted by Crippen LogP contribution is 2.26. The Bertz CT molecular complexity index is 1830. The first kappa shape index (κ1) is 42.9. The number of carbonyl (C=O) groups is 3. The number of anilines is 2. The maximum Gasteiger partial charge on any atom is 0.326 e. The molecule has 0 saturated heterocycles. The first-order chi connectivity index (χ1) is 22.3. The number of aryl methyl sites for hydroxylation is 2. The van der Waals surface area contributed by atoms with Crippen molar-refractivity contribution in [2.45, 2.75) is 60.8 Å². The van der Waals surface area contributed by atoms with E-state index in [0.29, 0.717) is 17.3 Å². The number of rotatable bonds is 5. The van der Waals surface area contributed by atoms with Crippen LogP contribution in [0.4, 0.5) is 25.0 Å². The minimum atomic E-state index is -0.844. The van der Waals surface area contributed by atoms with E-state index in [1.165, 1.54) is 0 Å². The van der Waals surface area contributed by atoms with Crippen molar-refractivity contribution in [2.24, 2.45) is 5.73 Å². The van der Waals surface area contributed by atoms with Gasteiger partial charge in [-0.25, -0.2) is 18.6 Å². The molecule has 0 fully saturated rings. The van der Waals surface area contributed by atoms with Crippen molar-refractivity contribution in [2.75, 3.05) is 11.1 Å². The van der Waals surface area contributed by atoms with Gasteiger partial charge in [0.2, 0.25) is 0 Å². The summed E-state index contributed by atoms with van der Waals surface area (Å²) in [7, 11) is 0. The number of nitrogens with zero attached hydrogens (tertiary/aromatic N) is 3. The second kappa shape index (κ2) is 19.2. The van der Waals surface area contributed by atoms with E-state index in [9.17, 15) is 23.2 Å². The van der Waals surface area contributed by atoms with Crippen LogP contribution in [0.1, 0.15) is 90.2 Å². The zero-order chi connectivity index (χ0) is 36.5. The van der Waals surface area contributed by atoms with Gasteiger partial charge in [-0.3, -0.25) is 24.9 Å². The number of carbonyl (C=O) groups excluding carboxylic acids is 3. The van der Waals surface area contributed by atoms with Gasteiger partial charge in [-0.1, -0.05) is 81.5 Å². The Morgan fingerprint density at radius 3 is 1.84 bits per heavy atom. The van der Waals surface area contributed by atoms with Crippen molar-refractivity contribution in [1.29, 1.82) is 0 Å². The highest BCUT2D eigenvalue weighted by atomic mass is 35.5. The fourth-order valence-electron chi connectivity index (χ4n) is 3.86. The predicted molar refractivity (Wildman–Crippen MR) is 193 cm³/mol. The Labute approximate surface area is 303 Å². The number of nitrogens with one attached hydrogen (secondary N) is 2. The standard InChI is InChI=1S/C17H16Cl2FN3O2.C9H14N2.C6H3Cl2FN2O.CH4/c1-8(2)14-15(9(3)4-5-21-14)22-17(25)23-16(24)10-6-13(20)12(19)7-11(10)18;1-6(2)9-8(10)7(3)4-5-11-9;7-4-2(6(10)12)1-3(9)5(8)11-4;/h4-8H,1-3H3,(H2,22,23,24,25);4-6H,10H2,1-3H3;1H,(H2,10,12);1H4. The number of halogens is 6. The van der Waals surface area contributed by atoms with E-state index in [2.05, 4.69) is 39.4 Å². The zero-order valence-electron chi connectivity index (χ0n) is 26.7. The lowest BCUT2D eigenvalue weighted by atomic mass is 10.1. The average molecular weight is 760 g/mol. The number of nitrogens with two attached hydrogens (primary N) is 2. The number of primary amides is 1. The van der Waals surface area contributed by atoms with Gasteiger partial charge in [0.25, 0.3) is 11.8 Å². The Kier molecular flexibility index (Phi) is 16.8. The molecular formula is C33H37Cl4F2N7O3. The Hall–Kier alpha value is -4.10. The molecule has 0 aliphatic rings. The summed E-state index contributed by atoms with van der Waals surface area (Å²) in [5.41, 5.74) is 15.3. The Morgan fingerprint density at radius 1 is 0.776 bits per heavy atom. The highest BCUT2D eigenvalue weighted by Gasteiger charge is 2.19. The summed E-state index contributed by atoms with van der Waals surface area (Å²) in [6, 6.07) is 5.74. The lowest BCUT2D eigenvalue weighted by Gasteiger charge is -2.15. The Morgan fingerprint density at radius 2 is 1.31 bits per heavy atom. The molecule has 4 aromatic rings. The molecule has 0 saturated carbocycles. The molecule has 6 N–H and O–H groups in total. The summed E-state index contributed by atoms with van der Waals surface area (Å²) in [6.45, 7) is 11.9. The molecule has 0 unspecified atom stereocenters. The molecule has 264 valence electrons. The third kappa shape index (κ3) is 12.1. The summed E-state index contributed by atoms with van der Waals surface area (Å²) in [5.74, 6) is -2.83. The number of nitrogen functional groups attached to an aromatic ring is 1. The lowest BCUT2D eigenvalue weighted by molar-refractivity contribution is 0.0964. The van der Waals surface area contributed by atoms with Crippen molar-refractivity contribution in [3.63, 3.8) is 0 Å². The SMILES string of the molecule is C.Cc1ccnc(C(C)C)c1N.Cc1ccnc(C(C)C)c1NC(=O)NC(=O)c1cc(F)c(Cl)cc1Cl.NC(=O)c1cc(F)c(Cl)nc1Cl. The van der Waals surface area contributed by atoms with Gasteiger partial charge in [0.1, 0.15) is 11.0 Å². The number of hydrogen-bond acceptors (Lipinski definition) is 7. The zero-order valence-corrected chi connectivity index (χ0v) is 29.7. The minimum absolute atomic E-state index is 0. The molecule has 0 bridgehead atoms. The first-order valence-corrected chi connectivity index (χ1v) is 15.6. The molecule has 0 radical (unpaired) electrons. The fourth-order valence-corrected chi connectivity index (χ4v) is 4.74. The minimum Gasteiger partial charge on any atom is -0.397 e. The maximum absolute atomic E-state index is 13.5. The van der Waals surface area contributed by atoms with Crippen LogP contribution in [0.2, 0.25) is 20.4 Å². The van der Waals surface area contributed by atoms with E-state index in [1.807, 2.05) is 33.8 Å². The monoisotopic (exact) mass is 757 g/mol. The Balaban J connectivity index is 0.000000416. The van der Waals surface area contributed by atoms with Crippen molar-refractivity contribution in [1.82, 2.24) is 20.3 Å². The van der Waals surface area contributed by atoms with Crippen molar-refractivity contribution in [3.8, 4) is 0 Å². The quantitative estimate of drug-likeness (QED) is 0.116. The first-order valence-electron chi connectivity index (χ1n) is 14.1. The number of benzene rings is 1. The van der Waals surface area contributed by atoms with Gasteiger partial charge in [0, 0.05) is 12.4 Å². The summed E-state index contributed by atoms with van der Waals surface area (Å²) in [5, 5.41) is 3.87. The van der Waals surface area contributed by atoms with Crippen molar-refractivity contribution >= 4 is 75.6 Å². The van der Waals surface area contributed by atoms with E-state index < -0.39 is 29.5 Å². The smallest absolute Gasteiger partial charge is 0.326 e. The molecule has 0 aliphatic carbocycles. The molecule has 16 heteroatoms. The highest BCUT2D eigenvalue weighted by molar-refractivity contribution is 6.37. The summed E-state index contributed by atoms with van der Waals surface area (Å²) < 4.78 is 26.2. The van der Waals surface area contributed by atoms with E-state index in [-0.39, 0.29) is 44.8 Å². The van der Waals surface area contributed by atoms with Crippen LogP contribution in [0.15, 0.2) is 42.7 Å². The molecule has 49 heavy (non-hydrogen) atoms. The molecule has 0 spiro atoms. The topological polar surface area (TPSA) is 166 Å².